The molecule has 37 heavy (non-hydrogen) atoms. The van der Waals surface area contributed by atoms with Crippen LogP contribution in [0.25, 0.3) is 0 Å². The van der Waals surface area contributed by atoms with Gasteiger partial charge in [-0.15, -0.1) is 0 Å². The Bertz CT molecular complexity index is 1320. The van der Waals surface area contributed by atoms with E-state index < -0.39 is 47.1 Å². The molecule has 0 aliphatic heterocycles. The summed E-state index contributed by atoms with van der Waals surface area (Å²) < 4.78 is 112. The predicted octanol–water partition coefficient (Wildman–Crippen LogP) is 6.36. The lowest BCUT2D eigenvalue weighted by molar-refractivity contribution is -0.292. The largest absolute Gasteiger partial charge is 0.459 e. The number of halogens is 9. The topological polar surface area (TPSA) is 73.2 Å². The van der Waals surface area contributed by atoms with Gasteiger partial charge in [0, 0.05) is 12.7 Å². The molecule has 0 aliphatic carbocycles. The summed E-state index contributed by atoms with van der Waals surface area (Å²) >= 11 is 5.97. The average Bonchev–Trinajstić information content (AvgIpc) is 3.17. The molecule has 0 radical (unpaired) electrons. The second kappa shape index (κ2) is 10.00. The van der Waals surface area contributed by atoms with Gasteiger partial charge < -0.3 is 10.1 Å². The highest BCUT2D eigenvalue weighted by molar-refractivity contribution is 6.33. The highest BCUT2D eigenvalue weighted by atomic mass is 35.5. The van der Waals surface area contributed by atoms with Crippen LogP contribution in [0.2, 0.25) is 5.02 Å². The first kappa shape index (κ1) is 27.9. The van der Waals surface area contributed by atoms with Gasteiger partial charge in [0.2, 0.25) is 0 Å². The second-order valence-corrected chi connectivity index (χ2v) is 7.88. The predicted molar refractivity (Wildman–Crippen MR) is 113 cm³/mol. The van der Waals surface area contributed by atoms with Crippen LogP contribution in [0.4, 0.5) is 40.8 Å². The Hall–Kier alpha value is -3.68. The Morgan fingerprint density at radius 3 is 2.19 bits per heavy atom. The number of esters is 1. The summed E-state index contributed by atoms with van der Waals surface area (Å²) in [5.41, 5.74) is -6.87. The molecule has 1 amide bonds. The van der Waals surface area contributed by atoms with E-state index in [1.54, 1.807) is 30.3 Å². The molecule has 198 valence electrons. The highest BCUT2D eigenvalue weighted by Gasteiger charge is 2.64. The fourth-order valence-corrected chi connectivity index (χ4v) is 3.35. The fourth-order valence-electron chi connectivity index (χ4n) is 3.16. The van der Waals surface area contributed by atoms with Crippen molar-refractivity contribution in [3.05, 3.63) is 81.6 Å². The van der Waals surface area contributed by atoms with Crippen LogP contribution in [-0.2, 0) is 30.5 Å². The van der Waals surface area contributed by atoms with Crippen molar-refractivity contribution in [2.24, 2.45) is 7.05 Å². The quantitative estimate of drug-likeness (QED) is 0.284. The lowest BCUT2D eigenvalue weighted by atomic mass is 10.1. The molecule has 0 bridgehead atoms. The number of carbonyl (C=O) groups is 2. The number of hydrogen-bond acceptors (Lipinski definition) is 4. The zero-order chi connectivity index (χ0) is 27.8. The Balaban J connectivity index is 1.93. The van der Waals surface area contributed by atoms with Crippen LogP contribution in [0.1, 0.15) is 37.7 Å². The van der Waals surface area contributed by atoms with Gasteiger partial charge in [-0.3, -0.25) is 9.48 Å². The number of nitrogens with one attached hydrogen (secondary N) is 1. The van der Waals surface area contributed by atoms with E-state index >= 15 is 0 Å². The van der Waals surface area contributed by atoms with Gasteiger partial charge in [0.25, 0.3) is 5.91 Å². The lowest BCUT2D eigenvalue weighted by Crippen LogP contribution is -2.36. The summed E-state index contributed by atoms with van der Waals surface area (Å²) in [5.74, 6) is -8.70. The van der Waals surface area contributed by atoms with Gasteiger partial charge in [-0.1, -0.05) is 41.9 Å². The minimum absolute atomic E-state index is 0.0436. The maximum atomic E-state index is 13.8. The summed E-state index contributed by atoms with van der Waals surface area (Å²) in [6.45, 7) is -0.160. The maximum absolute atomic E-state index is 13.8. The molecule has 1 heterocycles. The van der Waals surface area contributed by atoms with Crippen LogP contribution >= 0.6 is 11.6 Å². The monoisotopic (exact) mass is 555 g/mol. The number of hydrogen-bond donors (Lipinski definition) is 1. The third-order valence-corrected chi connectivity index (χ3v) is 5.19. The first-order valence-corrected chi connectivity index (χ1v) is 10.3. The van der Waals surface area contributed by atoms with E-state index in [0.29, 0.717) is 12.6 Å². The molecule has 0 spiro atoms. The molecule has 2 aromatic carbocycles. The van der Waals surface area contributed by atoms with Crippen LogP contribution < -0.4 is 5.32 Å². The van der Waals surface area contributed by atoms with E-state index in [2.05, 4.69) is 5.10 Å². The molecule has 0 saturated carbocycles. The van der Waals surface area contributed by atoms with Gasteiger partial charge >= 0.3 is 24.2 Å². The molecular formula is C22H14ClF8N3O3. The molecule has 0 unspecified atom stereocenters. The molecule has 0 atom stereocenters. The molecule has 3 aromatic rings. The molecular weight excluding hydrogens is 542 g/mol. The minimum atomic E-state index is -6.42. The van der Waals surface area contributed by atoms with E-state index in [1.807, 2.05) is 5.32 Å². The number of nitrogens with zero attached hydrogens (tertiary/aromatic N) is 2. The first-order chi connectivity index (χ1) is 17.0. The molecule has 1 aromatic heterocycles. The summed E-state index contributed by atoms with van der Waals surface area (Å²) in [5, 5.41) is 4.43. The van der Waals surface area contributed by atoms with Crippen molar-refractivity contribution in [2.75, 3.05) is 5.32 Å². The van der Waals surface area contributed by atoms with Crippen molar-refractivity contribution in [1.29, 1.82) is 0 Å². The van der Waals surface area contributed by atoms with Crippen LogP contribution in [-0.4, -0.2) is 27.8 Å². The van der Waals surface area contributed by atoms with Gasteiger partial charge in [-0.2, -0.15) is 40.2 Å². The molecule has 0 saturated heterocycles. The van der Waals surface area contributed by atoms with E-state index in [4.69, 9.17) is 16.3 Å². The molecule has 0 aliphatic rings. The van der Waals surface area contributed by atoms with Crippen molar-refractivity contribution < 1.29 is 49.4 Å². The number of benzene rings is 2. The number of alkyl halides is 8. The van der Waals surface area contributed by atoms with Gasteiger partial charge in [-0.25, -0.2) is 4.79 Å². The number of carbonyl (C=O) groups excluding carboxylic acids is 2. The average molecular weight is 556 g/mol. The van der Waals surface area contributed by atoms with Crippen molar-refractivity contribution in [2.45, 2.75) is 24.9 Å². The summed E-state index contributed by atoms with van der Waals surface area (Å²) in [6, 6.07) is 11.5. The van der Waals surface area contributed by atoms with E-state index in [1.165, 1.54) is 0 Å². The SMILES string of the molecule is Cn1nc(C(F)(F)C(F)(F)F)c(C(F)(F)F)c1C(=O)Nc1ccc(Cl)c(C(=O)OCc2ccccc2)c1. The summed E-state index contributed by atoms with van der Waals surface area (Å²) in [6.07, 6.45) is -12.2. The van der Waals surface area contributed by atoms with Crippen LogP contribution in [0, 0.1) is 0 Å². The molecule has 3 rings (SSSR count). The van der Waals surface area contributed by atoms with Gasteiger partial charge in [-0.05, 0) is 23.8 Å². The third kappa shape index (κ3) is 5.84. The van der Waals surface area contributed by atoms with E-state index in [9.17, 15) is 44.7 Å². The summed E-state index contributed by atoms with van der Waals surface area (Å²) in [4.78, 5) is 25.0. The Kier molecular flexibility index (Phi) is 7.54. The van der Waals surface area contributed by atoms with Crippen molar-refractivity contribution >= 4 is 29.2 Å². The molecule has 6 nitrogen and oxygen atoms in total. The third-order valence-electron chi connectivity index (χ3n) is 4.86. The van der Waals surface area contributed by atoms with Gasteiger partial charge in [0.15, 0.2) is 5.69 Å². The number of ether oxygens (including phenoxy) is 1. The Morgan fingerprint density at radius 1 is 1.00 bits per heavy atom. The van der Waals surface area contributed by atoms with Gasteiger partial charge in [0.05, 0.1) is 10.6 Å². The van der Waals surface area contributed by atoms with E-state index in [0.717, 1.165) is 18.2 Å². The Morgan fingerprint density at radius 2 is 1.62 bits per heavy atom. The molecule has 0 fully saturated rings. The van der Waals surface area contributed by atoms with Crippen LogP contribution in [0.15, 0.2) is 48.5 Å². The number of aryl methyl sites for hydroxylation is 1. The first-order valence-electron chi connectivity index (χ1n) is 9.95. The van der Waals surface area contributed by atoms with Gasteiger partial charge in [0.1, 0.15) is 17.9 Å². The zero-order valence-corrected chi connectivity index (χ0v) is 19.1. The normalized spacial score (nSPS) is 12.4. The smallest absolute Gasteiger partial charge is 0.457 e. The number of rotatable bonds is 6. The second-order valence-electron chi connectivity index (χ2n) is 7.48. The number of aromatic nitrogens is 2. The van der Waals surface area contributed by atoms with E-state index in [-0.39, 0.29) is 27.6 Å². The lowest BCUT2D eigenvalue weighted by Gasteiger charge is -2.19. The van der Waals surface area contributed by atoms with Crippen molar-refractivity contribution in [3.63, 3.8) is 0 Å². The Labute approximate surface area is 207 Å². The minimum Gasteiger partial charge on any atom is -0.457 e. The fraction of sp³-hybridized carbons (Fsp3) is 0.227. The zero-order valence-electron chi connectivity index (χ0n) is 18.3. The molecule has 15 heteroatoms. The highest BCUT2D eigenvalue weighted by Crippen LogP contribution is 2.48. The van der Waals surface area contributed by atoms with Crippen molar-refractivity contribution in [3.8, 4) is 0 Å². The van der Waals surface area contributed by atoms with Crippen molar-refractivity contribution in [1.82, 2.24) is 9.78 Å². The summed E-state index contributed by atoms with van der Waals surface area (Å²) in [7, 11) is 0.592. The maximum Gasteiger partial charge on any atom is 0.459 e. The van der Waals surface area contributed by atoms with Crippen LogP contribution in [0.5, 0.6) is 0 Å². The molecule has 1 N–H and O–H groups in total. The standard InChI is InChI=1S/C22H14ClF8N3O3/c1-34-16(15(21(26,27)28)17(33-34)20(24,25)22(29,30)31)18(35)32-12-7-8-14(23)13(9-12)19(36)37-10-11-5-3-2-4-6-11/h2-9H,10H2,1H3,(H,32,35). The number of amides is 1. The number of anilines is 1. The van der Waals surface area contributed by atoms with Crippen LogP contribution in [0.3, 0.4) is 0 Å².